The van der Waals surface area contributed by atoms with Crippen LogP contribution in [0.5, 0.6) is 0 Å². The summed E-state index contributed by atoms with van der Waals surface area (Å²) in [6, 6.07) is 9.77. The first kappa shape index (κ1) is 17.5. The molecule has 7 heteroatoms. The maximum atomic E-state index is 13.6. The number of rotatable bonds is 4. The standard InChI is InChI=1S/C17H13F3O4/c1-9(15(21)22)11-7-8-12(10-5-3-2-4-6-10)14(17(18,19)20)13(11)16(23)24/h2-9H,1H3,(H,21,22)(H,23,24). The number of halogens is 3. The van der Waals surface area contributed by atoms with Gasteiger partial charge in [0.1, 0.15) is 0 Å². The van der Waals surface area contributed by atoms with Crippen molar-refractivity contribution in [2.75, 3.05) is 0 Å². The quantitative estimate of drug-likeness (QED) is 0.873. The third kappa shape index (κ3) is 3.24. The Morgan fingerprint density at radius 1 is 1.00 bits per heavy atom. The van der Waals surface area contributed by atoms with Crippen LogP contribution in [0.15, 0.2) is 42.5 Å². The summed E-state index contributed by atoms with van der Waals surface area (Å²) in [5.74, 6) is -4.61. The van der Waals surface area contributed by atoms with Crippen molar-refractivity contribution in [1.82, 2.24) is 0 Å². The molecule has 0 saturated carbocycles. The second-order valence-electron chi connectivity index (χ2n) is 5.18. The van der Waals surface area contributed by atoms with Crippen LogP contribution in [0, 0.1) is 0 Å². The number of aliphatic carboxylic acids is 1. The maximum Gasteiger partial charge on any atom is 0.417 e. The van der Waals surface area contributed by atoms with Gasteiger partial charge in [0.2, 0.25) is 0 Å². The molecule has 0 aromatic heterocycles. The summed E-state index contributed by atoms with van der Waals surface area (Å²) in [5, 5.41) is 18.4. The van der Waals surface area contributed by atoms with Gasteiger partial charge >= 0.3 is 18.1 Å². The summed E-state index contributed by atoms with van der Waals surface area (Å²) in [5.41, 5.74) is -2.86. The highest BCUT2D eigenvalue weighted by Gasteiger charge is 2.40. The van der Waals surface area contributed by atoms with Crippen molar-refractivity contribution in [2.45, 2.75) is 19.0 Å². The van der Waals surface area contributed by atoms with Gasteiger partial charge in [0.05, 0.1) is 17.0 Å². The molecule has 4 nitrogen and oxygen atoms in total. The summed E-state index contributed by atoms with van der Waals surface area (Å²) >= 11 is 0. The average Bonchev–Trinajstić information content (AvgIpc) is 2.52. The molecular formula is C17H13F3O4. The fourth-order valence-corrected chi connectivity index (χ4v) is 2.50. The van der Waals surface area contributed by atoms with Gasteiger partial charge in [-0.15, -0.1) is 0 Å². The third-order valence-corrected chi connectivity index (χ3v) is 3.66. The van der Waals surface area contributed by atoms with Crippen molar-refractivity contribution < 1.29 is 33.0 Å². The molecule has 0 aliphatic rings. The highest BCUT2D eigenvalue weighted by Crippen LogP contribution is 2.42. The topological polar surface area (TPSA) is 74.6 Å². The molecule has 2 N–H and O–H groups in total. The SMILES string of the molecule is CC(C(=O)O)c1ccc(-c2ccccc2)c(C(F)(F)F)c1C(=O)O. The number of carbonyl (C=O) groups is 2. The van der Waals surface area contributed by atoms with Gasteiger partial charge in [-0.2, -0.15) is 13.2 Å². The summed E-state index contributed by atoms with van der Waals surface area (Å²) in [6.07, 6.45) is -4.95. The summed E-state index contributed by atoms with van der Waals surface area (Å²) in [6.45, 7) is 1.15. The molecule has 1 unspecified atom stereocenters. The molecule has 0 spiro atoms. The summed E-state index contributed by atoms with van der Waals surface area (Å²) < 4.78 is 40.8. The van der Waals surface area contributed by atoms with Gasteiger partial charge in [-0.05, 0) is 23.6 Å². The molecule has 2 aromatic rings. The molecule has 0 saturated heterocycles. The minimum atomic E-state index is -4.95. The Hall–Kier alpha value is -2.83. The van der Waals surface area contributed by atoms with Crippen molar-refractivity contribution in [3.63, 3.8) is 0 Å². The first-order valence-electron chi connectivity index (χ1n) is 6.90. The summed E-state index contributed by atoms with van der Waals surface area (Å²) in [4.78, 5) is 22.6. The van der Waals surface area contributed by atoms with E-state index in [-0.39, 0.29) is 16.7 Å². The third-order valence-electron chi connectivity index (χ3n) is 3.66. The zero-order valence-corrected chi connectivity index (χ0v) is 12.5. The molecule has 2 aromatic carbocycles. The van der Waals surface area contributed by atoms with E-state index in [2.05, 4.69) is 0 Å². The van der Waals surface area contributed by atoms with Gasteiger partial charge in [0.25, 0.3) is 0 Å². The zero-order valence-electron chi connectivity index (χ0n) is 12.5. The van der Waals surface area contributed by atoms with Crippen LogP contribution in [0.1, 0.15) is 34.3 Å². The predicted molar refractivity (Wildman–Crippen MR) is 79.9 cm³/mol. The zero-order chi connectivity index (χ0) is 18.1. The van der Waals surface area contributed by atoms with E-state index in [0.717, 1.165) is 19.1 Å². The average molecular weight is 338 g/mol. The smallest absolute Gasteiger partial charge is 0.417 e. The predicted octanol–water partition coefficient (Wildman–Crippen LogP) is 4.26. The van der Waals surface area contributed by atoms with Gasteiger partial charge in [0.15, 0.2) is 0 Å². The molecule has 1 atom stereocenters. The molecule has 0 heterocycles. The number of alkyl halides is 3. The van der Waals surface area contributed by atoms with Crippen molar-refractivity contribution in [1.29, 1.82) is 0 Å². The van der Waals surface area contributed by atoms with Gasteiger partial charge in [-0.25, -0.2) is 4.79 Å². The van der Waals surface area contributed by atoms with E-state index < -0.39 is 35.2 Å². The van der Waals surface area contributed by atoms with Crippen LogP contribution in [-0.2, 0) is 11.0 Å². The van der Waals surface area contributed by atoms with E-state index in [9.17, 15) is 27.9 Å². The Bertz CT molecular complexity index is 782. The lowest BCUT2D eigenvalue weighted by Crippen LogP contribution is -2.20. The molecule has 126 valence electrons. The van der Waals surface area contributed by atoms with Crippen LogP contribution < -0.4 is 0 Å². The van der Waals surface area contributed by atoms with Crippen LogP contribution in [0.4, 0.5) is 13.2 Å². The van der Waals surface area contributed by atoms with Gasteiger partial charge in [0, 0.05) is 0 Å². The Balaban J connectivity index is 2.88. The lowest BCUT2D eigenvalue weighted by molar-refractivity contribution is -0.140. The fraction of sp³-hybridized carbons (Fsp3) is 0.176. The molecular weight excluding hydrogens is 325 g/mol. The van der Waals surface area contributed by atoms with Crippen LogP contribution in [0.25, 0.3) is 11.1 Å². The summed E-state index contributed by atoms with van der Waals surface area (Å²) in [7, 11) is 0. The normalized spacial score (nSPS) is 12.7. The second kappa shape index (κ2) is 6.35. The number of aromatic carboxylic acids is 1. The number of carboxylic acid groups (broad SMARTS) is 2. The van der Waals surface area contributed by atoms with Crippen molar-refractivity contribution in [3.05, 3.63) is 59.2 Å². The molecule has 0 aliphatic heterocycles. The van der Waals surface area contributed by atoms with Gasteiger partial charge in [-0.1, -0.05) is 42.5 Å². The first-order valence-corrected chi connectivity index (χ1v) is 6.90. The fourth-order valence-electron chi connectivity index (χ4n) is 2.50. The van der Waals surface area contributed by atoms with Gasteiger partial charge in [-0.3, -0.25) is 4.79 Å². The largest absolute Gasteiger partial charge is 0.481 e. The van der Waals surface area contributed by atoms with E-state index in [1.165, 1.54) is 24.3 Å². The molecule has 0 bridgehead atoms. The number of benzene rings is 2. The van der Waals surface area contributed by atoms with Crippen LogP contribution in [0.3, 0.4) is 0 Å². The number of hydrogen-bond acceptors (Lipinski definition) is 2. The Morgan fingerprint density at radius 3 is 2.04 bits per heavy atom. The highest BCUT2D eigenvalue weighted by atomic mass is 19.4. The monoisotopic (exact) mass is 338 g/mol. The molecule has 0 radical (unpaired) electrons. The second-order valence-corrected chi connectivity index (χ2v) is 5.18. The van der Waals surface area contributed by atoms with E-state index in [4.69, 9.17) is 5.11 Å². The molecule has 2 rings (SSSR count). The van der Waals surface area contributed by atoms with Crippen molar-refractivity contribution >= 4 is 11.9 Å². The lowest BCUT2D eigenvalue weighted by atomic mass is 9.87. The van der Waals surface area contributed by atoms with Crippen molar-refractivity contribution in [2.24, 2.45) is 0 Å². The molecule has 0 aliphatic carbocycles. The number of carboxylic acids is 2. The highest BCUT2D eigenvalue weighted by molar-refractivity contribution is 5.96. The van der Waals surface area contributed by atoms with E-state index >= 15 is 0 Å². The van der Waals surface area contributed by atoms with E-state index in [1.54, 1.807) is 6.07 Å². The molecule has 0 fully saturated rings. The van der Waals surface area contributed by atoms with Crippen LogP contribution >= 0.6 is 0 Å². The molecule has 24 heavy (non-hydrogen) atoms. The number of hydrogen-bond donors (Lipinski definition) is 2. The van der Waals surface area contributed by atoms with Crippen LogP contribution in [0.2, 0.25) is 0 Å². The van der Waals surface area contributed by atoms with Crippen LogP contribution in [-0.4, -0.2) is 22.2 Å². The Kier molecular flexibility index (Phi) is 4.64. The van der Waals surface area contributed by atoms with E-state index in [1.807, 2.05) is 0 Å². The molecule has 0 amide bonds. The Morgan fingerprint density at radius 2 is 1.58 bits per heavy atom. The van der Waals surface area contributed by atoms with Gasteiger partial charge < -0.3 is 10.2 Å². The Labute approximate surface area is 135 Å². The minimum Gasteiger partial charge on any atom is -0.481 e. The maximum absolute atomic E-state index is 13.6. The van der Waals surface area contributed by atoms with Crippen molar-refractivity contribution in [3.8, 4) is 11.1 Å². The lowest BCUT2D eigenvalue weighted by Gasteiger charge is -2.20. The van der Waals surface area contributed by atoms with E-state index in [0.29, 0.717) is 0 Å². The first-order chi connectivity index (χ1) is 11.1. The minimum absolute atomic E-state index is 0.196.